The fraction of sp³-hybridized carbons (Fsp3) is 0.250. The molecule has 0 saturated carbocycles. The topological polar surface area (TPSA) is 70.1 Å². The Kier molecular flexibility index (Phi) is 5.93. The van der Waals surface area contributed by atoms with Crippen molar-refractivity contribution in [3.05, 3.63) is 66.0 Å². The van der Waals surface area contributed by atoms with Crippen LogP contribution in [0.2, 0.25) is 0 Å². The van der Waals surface area contributed by atoms with Crippen molar-refractivity contribution in [2.24, 2.45) is 0 Å². The summed E-state index contributed by atoms with van der Waals surface area (Å²) in [5, 5.41) is 0. The summed E-state index contributed by atoms with van der Waals surface area (Å²) in [6.07, 6.45) is 3.23. The minimum absolute atomic E-state index is 0.0712. The molecular weight excluding hydrogens is 396 g/mol. The van der Waals surface area contributed by atoms with Crippen LogP contribution >= 0.6 is 0 Å². The second-order valence-electron chi connectivity index (χ2n) is 7.02. The first-order valence-electron chi connectivity index (χ1n) is 9.90. The van der Waals surface area contributed by atoms with Crippen molar-refractivity contribution in [3.63, 3.8) is 0 Å². The highest BCUT2D eigenvalue weighted by Crippen LogP contribution is 2.44. The first kappa shape index (κ1) is 20.5. The molecule has 7 heteroatoms. The Morgan fingerprint density at radius 1 is 0.968 bits per heavy atom. The molecule has 0 atom stereocenters. The van der Waals surface area contributed by atoms with Gasteiger partial charge >= 0.3 is 0 Å². The normalized spacial score (nSPS) is 12.9. The summed E-state index contributed by atoms with van der Waals surface area (Å²) in [5.41, 5.74) is 3.10. The molecule has 2 heterocycles. The Morgan fingerprint density at radius 3 is 2.29 bits per heavy atom. The van der Waals surface area contributed by atoms with Crippen LogP contribution in [0, 0.1) is 0 Å². The molecule has 0 radical (unpaired) electrons. The van der Waals surface area contributed by atoms with Crippen LogP contribution in [-0.4, -0.2) is 50.3 Å². The van der Waals surface area contributed by atoms with E-state index in [2.05, 4.69) is 4.98 Å². The van der Waals surface area contributed by atoms with Gasteiger partial charge in [0.15, 0.2) is 11.5 Å². The second kappa shape index (κ2) is 8.95. The van der Waals surface area contributed by atoms with Crippen LogP contribution in [-0.2, 0) is 6.54 Å². The first-order valence-corrected chi connectivity index (χ1v) is 9.90. The van der Waals surface area contributed by atoms with Gasteiger partial charge in [0.2, 0.25) is 0 Å². The summed E-state index contributed by atoms with van der Waals surface area (Å²) < 4.78 is 22.8. The smallest absolute Gasteiger partial charge is 0.254 e. The summed E-state index contributed by atoms with van der Waals surface area (Å²) in [7, 11) is 4.85. The highest BCUT2D eigenvalue weighted by atomic mass is 16.5. The Balaban J connectivity index is 1.79. The maximum absolute atomic E-state index is 13.0. The minimum Gasteiger partial charge on any atom is -0.496 e. The molecule has 0 saturated heterocycles. The van der Waals surface area contributed by atoms with E-state index in [9.17, 15) is 4.79 Å². The van der Waals surface area contributed by atoms with Crippen LogP contribution in [0.4, 0.5) is 0 Å². The Bertz CT molecular complexity index is 1060. The summed E-state index contributed by atoms with van der Waals surface area (Å²) in [4.78, 5) is 18.8. The average molecular weight is 420 g/mol. The number of amides is 1. The molecule has 1 aliphatic heterocycles. The van der Waals surface area contributed by atoms with Gasteiger partial charge in [-0.05, 0) is 42.0 Å². The molecule has 0 spiro atoms. The molecule has 0 unspecified atom stereocenters. The molecule has 0 N–H and O–H groups in total. The maximum atomic E-state index is 13.0. The van der Waals surface area contributed by atoms with E-state index in [4.69, 9.17) is 18.9 Å². The number of carbonyl (C=O) groups excluding carboxylic acids is 1. The monoisotopic (exact) mass is 420 g/mol. The number of aromatic nitrogens is 1. The molecule has 1 amide bonds. The van der Waals surface area contributed by atoms with Gasteiger partial charge < -0.3 is 23.8 Å². The summed E-state index contributed by atoms with van der Waals surface area (Å²) in [5.74, 6) is 2.53. The lowest BCUT2D eigenvalue weighted by molar-refractivity contribution is 0.0733. The van der Waals surface area contributed by atoms with Gasteiger partial charge in [-0.1, -0.05) is 6.07 Å². The van der Waals surface area contributed by atoms with E-state index >= 15 is 0 Å². The number of methoxy groups -OCH3 is 3. The lowest BCUT2D eigenvalue weighted by Gasteiger charge is -2.21. The van der Waals surface area contributed by atoms with E-state index in [0.717, 1.165) is 16.7 Å². The number of nitrogens with zero attached hydrogens (tertiary/aromatic N) is 2. The van der Waals surface area contributed by atoms with Gasteiger partial charge in [-0.15, -0.1) is 0 Å². The van der Waals surface area contributed by atoms with E-state index in [0.29, 0.717) is 48.3 Å². The van der Waals surface area contributed by atoms with Gasteiger partial charge in [0.1, 0.15) is 18.1 Å². The number of ether oxygens (including phenoxy) is 4. The number of fused-ring (bicyclic) bond motifs is 1. The zero-order chi connectivity index (χ0) is 21.8. The zero-order valence-corrected chi connectivity index (χ0v) is 17.8. The van der Waals surface area contributed by atoms with Gasteiger partial charge in [0.05, 0.1) is 33.4 Å². The Hall–Kier alpha value is -3.74. The number of benzene rings is 2. The molecule has 0 fully saturated rings. The van der Waals surface area contributed by atoms with Gasteiger partial charge in [-0.2, -0.15) is 0 Å². The molecule has 4 rings (SSSR count). The molecule has 3 aromatic rings. The van der Waals surface area contributed by atoms with Crippen LogP contribution in [0.3, 0.4) is 0 Å². The quantitative estimate of drug-likeness (QED) is 0.625. The molecule has 0 aliphatic carbocycles. The van der Waals surface area contributed by atoms with Crippen molar-refractivity contribution in [1.82, 2.24) is 9.88 Å². The maximum Gasteiger partial charge on any atom is 0.254 e. The SMILES string of the molecule is COc1cc(-c2c(OC)cccc2OC)cc2c1OCCN(C(=O)c1ccncc1)C2. The summed E-state index contributed by atoms with van der Waals surface area (Å²) in [6, 6.07) is 13.0. The van der Waals surface area contributed by atoms with Crippen LogP contribution in [0.1, 0.15) is 15.9 Å². The van der Waals surface area contributed by atoms with Crippen molar-refractivity contribution >= 4 is 5.91 Å². The minimum atomic E-state index is -0.0712. The lowest BCUT2D eigenvalue weighted by Crippen LogP contribution is -2.32. The largest absolute Gasteiger partial charge is 0.496 e. The third kappa shape index (κ3) is 3.99. The highest BCUT2D eigenvalue weighted by Gasteiger charge is 2.25. The molecule has 1 aliphatic rings. The van der Waals surface area contributed by atoms with Crippen LogP contribution in [0.15, 0.2) is 54.9 Å². The van der Waals surface area contributed by atoms with Crippen molar-refractivity contribution in [2.45, 2.75) is 6.54 Å². The molecule has 7 nitrogen and oxygen atoms in total. The molecule has 1 aromatic heterocycles. The predicted octanol–water partition coefficient (Wildman–Crippen LogP) is 3.81. The van der Waals surface area contributed by atoms with Crippen molar-refractivity contribution in [2.75, 3.05) is 34.5 Å². The van der Waals surface area contributed by atoms with Crippen molar-refractivity contribution in [3.8, 4) is 34.1 Å². The van der Waals surface area contributed by atoms with Gasteiger partial charge in [0, 0.05) is 30.1 Å². The predicted molar refractivity (Wildman–Crippen MR) is 116 cm³/mol. The van der Waals surface area contributed by atoms with E-state index in [1.807, 2.05) is 30.3 Å². The number of hydrogen-bond donors (Lipinski definition) is 0. The van der Waals surface area contributed by atoms with Crippen LogP contribution < -0.4 is 18.9 Å². The first-order chi connectivity index (χ1) is 15.2. The number of carbonyl (C=O) groups is 1. The summed E-state index contributed by atoms with van der Waals surface area (Å²) >= 11 is 0. The summed E-state index contributed by atoms with van der Waals surface area (Å²) in [6.45, 7) is 1.22. The average Bonchev–Trinajstić information content (AvgIpc) is 3.05. The standard InChI is InChI=1S/C24H24N2O5/c1-28-19-5-4-6-20(29-2)22(19)17-13-18-15-26(24(27)16-7-9-25-10-8-16)11-12-31-23(18)21(14-17)30-3/h4-10,13-14H,11-12,15H2,1-3H3. The number of hydrogen-bond acceptors (Lipinski definition) is 6. The van der Waals surface area contributed by atoms with Crippen molar-refractivity contribution < 1.29 is 23.7 Å². The highest BCUT2D eigenvalue weighted by molar-refractivity contribution is 5.94. The number of rotatable bonds is 5. The Morgan fingerprint density at radius 2 is 1.65 bits per heavy atom. The fourth-order valence-corrected chi connectivity index (χ4v) is 3.77. The van der Waals surface area contributed by atoms with Crippen LogP contribution in [0.25, 0.3) is 11.1 Å². The van der Waals surface area contributed by atoms with Crippen molar-refractivity contribution in [1.29, 1.82) is 0 Å². The van der Waals surface area contributed by atoms with Gasteiger partial charge in [-0.25, -0.2) is 0 Å². The molecule has 2 aromatic carbocycles. The van der Waals surface area contributed by atoms with E-state index < -0.39 is 0 Å². The fourth-order valence-electron chi connectivity index (χ4n) is 3.77. The Labute approximate surface area is 181 Å². The van der Waals surface area contributed by atoms with E-state index in [1.165, 1.54) is 0 Å². The van der Waals surface area contributed by atoms with Gasteiger partial charge in [0.25, 0.3) is 5.91 Å². The molecule has 0 bridgehead atoms. The van der Waals surface area contributed by atoms with Gasteiger partial charge in [-0.3, -0.25) is 9.78 Å². The second-order valence-corrected chi connectivity index (χ2v) is 7.02. The number of pyridine rings is 1. The lowest BCUT2D eigenvalue weighted by atomic mass is 9.99. The third-order valence-corrected chi connectivity index (χ3v) is 5.25. The van der Waals surface area contributed by atoms with E-state index in [1.54, 1.807) is 50.8 Å². The zero-order valence-electron chi connectivity index (χ0n) is 17.8. The molecular formula is C24H24N2O5. The molecule has 31 heavy (non-hydrogen) atoms. The molecule has 160 valence electrons. The van der Waals surface area contributed by atoms with Crippen LogP contribution in [0.5, 0.6) is 23.0 Å². The third-order valence-electron chi connectivity index (χ3n) is 5.25. The van der Waals surface area contributed by atoms with E-state index in [-0.39, 0.29) is 5.91 Å².